The van der Waals surface area contributed by atoms with Crippen molar-refractivity contribution in [3.8, 4) is 0 Å². The van der Waals surface area contributed by atoms with Crippen molar-refractivity contribution in [1.82, 2.24) is 15.1 Å². The molecular weight excluding hydrogens is 461 g/mol. The number of nitrogens with one attached hydrogen (secondary N) is 2. The first-order valence-electron chi connectivity index (χ1n) is 12.7. The number of hydrogen-bond acceptors (Lipinski definition) is 5. The third-order valence-electron chi connectivity index (χ3n) is 7.90. The van der Waals surface area contributed by atoms with Crippen molar-refractivity contribution >= 4 is 29.2 Å². The van der Waals surface area contributed by atoms with Gasteiger partial charge in [-0.15, -0.1) is 11.8 Å². The average molecular weight is 498 g/mol. The molecule has 0 aromatic heterocycles. The van der Waals surface area contributed by atoms with Crippen molar-refractivity contribution in [2.45, 2.75) is 23.8 Å². The Bertz CT molecular complexity index is 997. The molecule has 0 aliphatic carbocycles. The Morgan fingerprint density at radius 3 is 2.60 bits per heavy atom. The highest BCUT2D eigenvalue weighted by atomic mass is 32.2. The Labute approximate surface area is 212 Å². The second-order valence-corrected chi connectivity index (χ2v) is 10.9. The van der Waals surface area contributed by atoms with E-state index in [4.69, 9.17) is 0 Å². The summed E-state index contributed by atoms with van der Waals surface area (Å²) in [7, 11) is 0. The van der Waals surface area contributed by atoms with E-state index >= 15 is 0 Å². The number of hydrogen-bond donors (Lipinski definition) is 2. The summed E-state index contributed by atoms with van der Waals surface area (Å²) < 4.78 is 13.2. The molecule has 6 nitrogen and oxygen atoms in total. The number of halogens is 1. The molecule has 0 spiro atoms. The minimum atomic E-state index is -0.176. The maximum atomic E-state index is 13.2. The monoisotopic (exact) mass is 497 g/mol. The summed E-state index contributed by atoms with van der Waals surface area (Å²) in [5.41, 5.74) is 1.95. The largest absolute Gasteiger partial charge is 0.369 e. The zero-order valence-electron chi connectivity index (χ0n) is 20.5. The lowest BCUT2D eigenvalue weighted by Gasteiger charge is -2.51. The quantitative estimate of drug-likeness (QED) is 0.562. The number of piperidine rings is 3. The molecule has 8 heteroatoms. The third-order valence-corrected chi connectivity index (χ3v) is 8.62. The standard InChI is InChI=1S/C27H36FN5OS/c1-35-26-4-2-3-23(16-26)30-27(34)29-17-25-15-20-9-10-33(25)19-21(20)18-31-11-13-32(14-12-31)24-7-5-22(28)6-8-24/h2-8,16,20-21,25H,9-15,17-19H2,1H3,(H2,29,30,34)/t20-,21+,25-/m1/s1. The molecule has 4 fully saturated rings. The smallest absolute Gasteiger partial charge is 0.319 e. The van der Waals surface area contributed by atoms with Gasteiger partial charge in [-0.2, -0.15) is 0 Å². The van der Waals surface area contributed by atoms with E-state index in [-0.39, 0.29) is 11.8 Å². The molecule has 4 aliphatic rings. The average Bonchev–Trinajstić information content (AvgIpc) is 2.89. The number of amides is 2. The lowest BCUT2D eigenvalue weighted by molar-refractivity contribution is -0.0114. The molecule has 4 heterocycles. The Morgan fingerprint density at radius 1 is 1.09 bits per heavy atom. The Balaban J connectivity index is 1.06. The molecule has 4 saturated heterocycles. The summed E-state index contributed by atoms with van der Waals surface area (Å²) in [6.45, 7) is 8.24. The first-order valence-corrected chi connectivity index (χ1v) is 14.0. The molecule has 2 amide bonds. The molecule has 4 atom stereocenters. The number of urea groups is 1. The van der Waals surface area contributed by atoms with Gasteiger partial charge in [0.05, 0.1) is 0 Å². The van der Waals surface area contributed by atoms with E-state index in [1.54, 1.807) is 23.9 Å². The van der Waals surface area contributed by atoms with Crippen LogP contribution in [0.25, 0.3) is 0 Å². The molecule has 2 aromatic rings. The minimum Gasteiger partial charge on any atom is -0.369 e. The predicted octanol–water partition coefficient (Wildman–Crippen LogP) is 4.20. The van der Waals surface area contributed by atoms with Gasteiger partial charge < -0.3 is 15.5 Å². The first kappa shape index (κ1) is 24.4. The van der Waals surface area contributed by atoms with Gasteiger partial charge in [-0.3, -0.25) is 9.80 Å². The molecule has 4 aliphatic heterocycles. The second kappa shape index (κ2) is 11.2. The lowest BCUT2D eigenvalue weighted by Crippen LogP contribution is -2.59. The van der Waals surface area contributed by atoms with Crippen molar-refractivity contribution in [1.29, 1.82) is 0 Å². The van der Waals surface area contributed by atoms with Gasteiger partial charge in [-0.05, 0) is 79.9 Å². The van der Waals surface area contributed by atoms with Crippen LogP contribution in [0.5, 0.6) is 0 Å². The van der Waals surface area contributed by atoms with Crippen molar-refractivity contribution in [2.75, 3.05) is 68.8 Å². The Kier molecular flexibility index (Phi) is 7.80. The fourth-order valence-corrected chi connectivity index (χ4v) is 6.39. The molecule has 2 N–H and O–H groups in total. The van der Waals surface area contributed by atoms with E-state index in [9.17, 15) is 9.18 Å². The van der Waals surface area contributed by atoms with Gasteiger partial charge in [-0.1, -0.05) is 6.07 Å². The van der Waals surface area contributed by atoms with E-state index in [0.29, 0.717) is 18.5 Å². The van der Waals surface area contributed by atoms with Crippen LogP contribution in [0.1, 0.15) is 12.8 Å². The number of nitrogens with zero attached hydrogens (tertiary/aromatic N) is 3. The van der Waals surface area contributed by atoms with E-state index in [0.717, 1.165) is 68.0 Å². The number of anilines is 2. The molecule has 0 radical (unpaired) electrons. The Morgan fingerprint density at radius 2 is 1.89 bits per heavy atom. The Hall–Kier alpha value is -2.29. The van der Waals surface area contributed by atoms with Gasteiger partial charge in [0.2, 0.25) is 0 Å². The number of carbonyl (C=O) groups excluding carboxylic acids is 1. The van der Waals surface area contributed by atoms with Crippen LogP contribution in [0.4, 0.5) is 20.6 Å². The zero-order valence-corrected chi connectivity index (χ0v) is 21.3. The normalized spacial score (nSPS) is 26.5. The molecule has 2 aromatic carbocycles. The second-order valence-electron chi connectivity index (χ2n) is 10.0. The van der Waals surface area contributed by atoms with Crippen molar-refractivity contribution in [3.05, 3.63) is 54.3 Å². The van der Waals surface area contributed by atoms with Gasteiger partial charge >= 0.3 is 6.03 Å². The van der Waals surface area contributed by atoms with E-state index in [1.807, 2.05) is 42.7 Å². The van der Waals surface area contributed by atoms with Gasteiger partial charge in [0.25, 0.3) is 0 Å². The highest BCUT2D eigenvalue weighted by molar-refractivity contribution is 7.98. The zero-order chi connectivity index (χ0) is 24.2. The maximum Gasteiger partial charge on any atom is 0.319 e. The van der Waals surface area contributed by atoms with Crippen LogP contribution in [0.15, 0.2) is 53.4 Å². The fraction of sp³-hybridized carbons (Fsp3) is 0.519. The van der Waals surface area contributed by atoms with Crippen LogP contribution in [0.3, 0.4) is 0 Å². The highest BCUT2D eigenvalue weighted by Gasteiger charge is 2.40. The van der Waals surface area contributed by atoms with Crippen molar-refractivity contribution in [3.63, 3.8) is 0 Å². The molecule has 6 rings (SSSR count). The van der Waals surface area contributed by atoms with Crippen LogP contribution in [0, 0.1) is 17.7 Å². The highest BCUT2D eigenvalue weighted by Crippen LogP contribution is 2.36. The molecule has 35 heavy (non-hydrogen) atoms. The van der Waals surface area contributed by atoms with E-state index < -0.39 is 0 Å². The molecule has 1 unspecified atom stereocenters. The minimum absolute atomic E-state index is 0.124. The number of carbonyl (C=O) groups is 1. The van der Waals surface area contributed by atoms with Crippen molar-refractivity contribution < 1.29 is 9.18 Å². The summed E-state index contributed by atoms with van der Waals surface area (Å²) in [6, 6.07) is 15.1. The molecule has 188 valence electrons. The lowest BCUT2D eigenvalue weighted by atomic mass is 9.75. The number of fused-ring (bicyclic) bond motifs is 3. The summed E-state index contributed by atoms with van der Waals surface area (Å²) >= 11 is 1.67. The summed E-state index contributed by atoms with van der Waals surface area (Å²) in [6.07, 6.45) is 4.47. The summed E-state index contributed by atoms with van der Waals surface area (Å²) in [5.74, 6) is 1.27. The number of benzene rings is 2. The molecular formula is C27H36FN5OS. The first-order chi connectivity index (χ1) is 17.1. The van der Waals surface area contributed by atoms with Crippen LogP contribution < -0.4 is 15.5 Å². The summed E-state index contributed by atoms with van der Waals surface area (Å²) in [4.78, 5) is 21.2. The fourth-order valence-electron chi connectivity index (χ4n) is 5.93. The molecule has 2 bridgehead atoms. The number of rotatable bonds is 7. The van der Waals surface area contributed by atoms with Crippen molar-refractivity contribution in [2.24, 2.45) is 11.8 Å². The number of thioether (sulfide) groups is 1. The van der Waals surface area contributed by atoms with Gasteiger partial charge in [-0.25, -0.2) is 9.18 Å². The molecule has 0 saturated carbocycles. The van der Waals surface area contributed by atoms with Crippen LogP contribution in [0.2, 0.25) is 0 Å². The third kappa shape index (κ3) is 6.11. The van der Waals surface area contributed by atoms with Crippen LogP contribution in [-0.4, -0.2) is 80.5 Å². The SMILES string of the molecule is CSc1cccc(NC(=O)NC[C@H]2C[C@H]3CCN2C[C@@H]3CN2CCN(c3ccc(F)cc3)CC2)c1. The predicted molar refractivity (Wildman–Crippen MR) is 142 cm³/mol. The van der Waals surface area contributed by atoms with Gasteiger partial charge in [0, 0.05) is 68.1 Å². The maximum absolute atomic E-state index is 13.2. The van der Waals surface area contributed by atoms with E-state index in [2.05, 4.69) is 25.3 Å². The topological polar surface area (TPSA) is 50.9 Å². The van der Waals surface area contributed by atoms with E-state index in [1.165, 1.54) is 12.8 Å². The number of piperazine rings is 1. The van der Waals surface area contributed by atoms with Crippen LogP contribution in [-0.2, 0) is 0 Å². The van der Waals surface area contributed by atoms with Crippen LogP contribution >= 0.6 is 11.8 Å². The van der Waals surface area contributed by atoms with Gasteiger partial charge in [0.15, 0.2) is 0 Å². The summed E-state index contributed by atoms with van der Waals surface area (Å²) in [5, 5.41) is 6.08. The van der Waals surface area contributed by atoms with Gasteiger partial charge in [0.1, 0.15) is 5.82 Å².